The molecule has 0 bridgehead atoms. The van der Waals surface area contributed by atoms with E-state index in [4.69, 9.17) is 15.7 Å². The highest BCUT2D eigenvalue weighted by Gasteiger charge is 2.25. The number of nitrogens with zero attached hydrogens (tertiary/aromatic N) is 1. The van der Waals surface area contributed by atoms with Crippen molar-refractivity contribution in [1.29, 1.82) is 0 Å². The summed E-state index contributed by atoms with van der Waals surface area (Å²) in [5.74, 6) is 0.107. The molecule has 18 heavy (non-hydrogen) atoms. The van der Waals surface area contributed by atoms with Gasteiger partial charge in [-0.25, -0.2) is 0 Å². The summed E-state index contributed by atoms with van der Waals surface area (Å²) >= 11 is 5.24. The average Bonchev–Trinajstić information content (AvgIpc) is 2.74. The van der Waals surface area contributed by atoms with Gasteiger partial charge in [0.25, 0.3) is 0 Å². The number of hydrogen-bond acceptors (Lipinski definition) is 4. The van der Waals surface area contributed by atoms with Gasteiger partial charge >= 0.3 is 0 Å². The van der Waals surface area contributed by atoms with E-state index in [1.807, 2.05) is 18.2 Å². The van der Waals surface area contributed by atoms with Gasteiger partial charge in [0, 0.05) is 26.8 Å². The van der Waals surface area contributed by atoms with Gasteiger partial charge in [-0.15, -0.1) is 11.8 Å². The number of amidine groups is 1. The number of nitrogens with two attached hydrogens (primary N) is 1. The first-order valence-corrected chi connectivity index (χ1v) is 7.35. The van der Waals surface area contributed by atoms with Crippen LogP contribution in [0.3, 0.4) is 0 Å². The zero-order valence-electron chi connectivity index (χ0n) is 9.97. The predicted molar refractivity (Wildman–Crippen MR) is 76.3 cm³/mol. The smallest absolute Gasteiger partial charge is 0.171 e. The number of hydrogen-bond donors (Lipinski definition) is 2. The van der Waals surface area contributed by atoms with Crippen LogP contribution in [0.1, 0.15) is 18.9 Å². The van der Waals surface area contributed by atoms with Crippen LogP contribution >= 0.6 is 27.7 Å². The van der Waals surface area contributed by atoms with E-state index in [-0.39, 0.29) is 11.9 Å². The SMILES string of the molecule is CC1OCCC1Sc1ccc(/C(N)=N/O)c(Br)c1. The number of ether oxygens (including phenoxy) is 1. The number of thioether (sulfide) groups is 1. The van der Waals surface area contributed by atoms with Crippen LogP contribution in [0, 0.1) is 0 Å². The van der Waals surface area contributed by atoms with Gasteiger partial charge in [0.05, 0.1) is 6.10 Å². The first-order valence-electron chi connectivity index (χ1n) is 5.67. The molecule has 1 saturated heterocycles. The zero-order chi connectivity index (χ0) is 13.1. The largest absolute Gasteiger partial charge is 0.409 e. The van der Waals surface area contributed by atoms with Gasteiger partial charge in [0.15, 0.2) is 5.84 Å². The van der Waals surface area contributed by atoms with Crippen molar-refractivity contribution in [2.75, 3.05) is 6.61 Å². The van der Waals surface area contributed by atoms with Crippen LogP contribution in [-0.4, -0.2) is 29.0 Å². The number of rotatable bonds is 3. The van der Waals surface area contributed by atoms with E-state index in [1.165, 1.54) is 0 Å². The Morgan fingerprint density at radius 2 is 2.39 bits per heavy atom. The summed E-state index contributed by atoms with van der Waals surface area (Å²) in [7, 11) is 0. The Morgan fingerprint density at radius 1 is 1.61 bits per heavy atom. The fourth-order valence-electron chi connectivity index (χ4n) is 1.87. The highest BCUT2D eigenvalue weighted by Crippen LogP contribution is 2.34. The molecule has 3 N–H and O–H groups in total. The molecule has 0 saturated carbocycles. The molecule has 0 aromatic heterocycles. The number of halogens is 1. The van der Waals surface area contributed by atoms with Crippen molar-refractivity contribution in [3.63, 3.8) is 0 Å². The van der Waals surface area contributed by atoms with Crippen LogP contribution in [0.15, 0.2) is 32.7 Å². The predicted octanol–water partition coefficient (Wildman–Crippen LogP) is 2.81. The van der Waals surface area contributed by atoms with Gasteiger partial charge in [-0.1, -0.05) is 5.16 Å². The van der Waals surface area contributed by atoms with E-state index in [9.17, 15) is 0 Å². The lowest BCUT2D eigenvalue weighted by atomic mass is 10.2. The molecule has 4 nitrogen and oxygen atoms in total. The second-order valence-electron chi connectivity index (χ2n) is 4.15. The summed E-state index contributed by atoms with van der Waals surface area (Å²) in [5.41, 5.74) is 6.27. The number of benzene rings is 1. The summed E-state index contributed by atoms with van der Waals surface area (Å²) in [5, 5.41) is 12.2. The maximum Gasteiger partial charge on any atom is 0.171 e. The minimum Gasteiger partial charge on any atom is -0.409 e. The summed E-state index contributed by atoms with van der Waals surface area (Å²) in [6.45, 7) is 2.94. The molecule has 0 radical (unpaired) electrons. The number of oxime groups is 1. The van der Waals surface area contributed by atoms with E-state index in [0.29, 0.717) is 10.8 Å². The van der Waals surface area contributed by atoms with Crippen LogP contribution in [0.25, 0.3) is 0 Å². The highest BCUT2D eigenvalue weighted by molar-refractivity contribution is 9.10. The third kappa shape index (κ3) is 2.99. The van der Waals surface area contributed by atoms with E-state index in [2.05, 4.69) is 28.0 Å². The van der Waals surface area contributed by atoms with Crippen molar-refractivity contribution in [3.8, 4) is 0 Å². The summed E-state index contributed by atoms with van der Waals surface area (Å²) in [6, 6.07) is 5.82. The normalized spacial score (nSPS) is 24.4. The standard InChI is InChI=1S/C12H15BrN2O2S/c1-7-11(4-5-17-7)18-8-2-3-9(10(13)6-8)12(14)15-16/h2-3,6-7,11,16H,4-5H2,1H3,(H2,14,15). The molecule has 2 rings (SSSR count). The summed E-state index contributed by atoms with van der Waals surface area (Å²) < 4.78 is 6.37. The Balaban J connectivity index is 2.14. The monoisotopic (exact) mass is 330 g/mol. The minimum atomic E-state index is 0.107. The van der Waals surface area contributed by atoms with Gasteiger partial charge in [-0.3, -0.25) is 0 Å². The second-order valence-corrected chi connectivity index (χ2v) is 6.31. The lowest BCUT2D eigenvalue weighted by Crippen LogP contribution is -2.14. The Hall–Kier alpha value is -0.720. The quantitative estimate of drug-likeness (QED) is 0.387. The van der Waals surface area contributed by atoms with E-state index >= 15 is 0 Å². The lowest BCUT2D eigenvalue weighted by molar-refractivity contribution is 0.127. The van der Waals surface area contributed by atoms with Crippen LogP contribution in [0.5, 0.6) is 0 Å². The van der Waals surface area contributed by atoms with Crippen molar-refractivity contribution in [2.24, 2.45) is 10.9 Å². The molecule has 1 heterocycles. The Bertz CT molecular complexity index is 467. The summed E-state index contributed by atoms with van der Waals surface area (Å²) in [4.78, 5) is 1.15. The van der Waals surface area contributed by atoms with Gasteiger partial charge in [0.2, 0.25) is 0 Å². The average molecular weight is 331 g/mol. The van der Waals surface area contributed by atoms with Crippen LogP contribution in [0.4, 0.5) is 0 Å². The third-order valence-corrected chi connectivity index (χ3v) is 5.02. The molecule has 1 fully saturated rings. The van der Waals surface area contributed by atoms with Crippen LogP contribution < -0.4 is 5.73 Å². The van der Waals surface area contributed by atoms with Crippen molar-refractivity contribution in [3.05, 3.63) is 28.2 Å². The Labute approximate surface area is 119 Å². The van der Waals surface area contributed by atoms with Crippen LogP contribution in [0.2, 0.25) is 0 Å². The van der Waals surface area contributed by atoms with E-state index < -0.39 is 0 Å². The van der Waals surface area contributed by atoms with Gasteiger partial charge in [0.1, 0.15) is 0 Å². The molecule has 0 spiro atoms. The molecule has 6 heteroatoms. The molecular weight excluding hydrogens is 316 g/mol. The van der Waals surface area contributed by atoms with Crippen molar-refractivity contribution in [1.82, 2.24) is 0 Å². The molecule has 0 amide bonds. The molecule has 1 aliphatic rings. The molecule has 2 atom stereocenters. The topological polar surface area (TPSA) is 67.8 Å². The minimum absolute atomic E-state index is 0.107. The van der Waals surface area contributed by atoms with Gasteiger partial charge in [-0.05, 0) is 47.5 Å². The van der Waals surface area contributed by atoms with Gasteiger partial charge < -0.3 is 15.7 Å². The van der Waals surface area contributed by atoms with E-state index in [1.54, 1.807) is 11.8 Å². The molecule has 1 aliphatic heterocycles. The maximum atomic E-state index is 8.67. The molecule has 0 aliphatic carbocycles. The Kier molecular flexibility index (Phi) is 4.53. The summed E-state index contributed by atoms with van der Waals surface area (Å²) in [6.07, 6.45) is 1.36. The molecule has 1 aromatic rings. The molecule has 98 valence electrons. The molecular formula is C12H15BrN2O2S. The molecule has 1 aromatic carbocycles. The zero-order valence-corrected chi connectivity index (χ0v) is 12.4. The van der Waals surface area contributed by atoms with Crippen molar-refractivity contribution in [2.45, 2.75) is 29.6 Å². The lowest BCUT2D eigenvalue weighted by Gasteiger charge is -2.14. The van der Waals surface area contributed by atoms with Gasteiger partial charge in [-0.2, -0.15) is 0 Å². The fraction of sp³-hybridized carbons (Fsp3) is 0.417. The highest BCUT2D eigenvalue weighted by atomic mass is 79.9. The first kappa shape index (κ1) is 13.7. The van der Waals surface area contributed by atoms with Crippen molar-refractivity contribution >= 4 is 33.5 Å². The van der Waals surface area contributed by atoms with E-state index in [0.717, 1.165) is 22.4 Å². The van der Waals surface area contributed by atoms with Crippen molar-refractivity contribution < 1.29 is 9.94 Å². The maximum absolute atomic E-state index is 8.67. The second kappa shape index (κ2) is 5.95. The fourth-order valence-corrected chi connectivity index (χ4v) is 3.77. The Morgan fingerprint density at radius 3 is 2.94 bits per heavy atom. The van der Waals surface area contributed by atoms with Crippen LogP contribution in [-0.2, 0) is 4.74 Å². The third-order valence-electron chi connectivity index (χ3n) is 2.92. The first-order chi connectivity index (χ1) is 8.61. The molecule has 2 unspecified atom stereocenters.